The third-order valence-electron chi connectivity index (χ3n) is 3.16. The Hall–Kier alpha value is -1.79. The maximum absolute atomic E-state index is 11.8. The van der Waals surface area contributed by atoms with E-state index in [1.54, 1.807) is 6.07 Å². The number of benzene rings is 1. The van der Waals surface area contributed by atoms with Crippen LogP contribution in [0.3, 0.4) is 0 Å². The molecule has 118 valence electrons. The molecule has 1 aromatic carbocycles. The molecule has 0 saturated carbocycles. The van der Waals surface area contributed by atoms with Crippen LogP contribution in [-0.2, 0) is 11.2 Å². The molecule has 0 aliphatic rings. The zero-order chi connectivity index (χ0) is 15.8. The largest absolute Gasteiger partial charge is 0.504 e. The lowest BCUT2D eigenvalue weighted by molar-refractivity contribution is -0.122. The molecule has 1 atom stereocenters. The zero-order valence-corrected chi connectivity index (χ0v) is 12.7. The second-order valence-corrected chi connectivity index (χ2v) is 5.44. The van der Waals surface area contributed by atoms with Gasteiger partial charge >= 0.3 is 0 Å². The van der Waals surface area contributed by atoms with Gasteiger partial charge in [-0.1, -0.05) is 6.07 Å². The lowest BCUT2D eigenvalue weighted by Gasteiger charge is -2.13. The van der Waals surface area contributed by atoms with Gasteiger partial charge in [-0.3, -0.25) is 4.79 Å². The number of phenols is 2. The van der Waals surface area contributed by atoms with Gasteiger partial charge in [-0.05, 0) is 57.6 Å². The minimum Gasteiger partial charge on any atom is -0.504 e. The molecule has 1 amide bonds. The highest BCUT2D eigenvalue weighted by molar-refractivity contribution is 5.81. The van der Waals surface area contributed by atoms with Crippen molar-refractivity contribution in [2.45, 2.75) is 25.3 Å². The summed E-state index contributed by atoms with van der Waals surface area (Å²) in [5, 5.41) is 21.4. The fraction of sp³-hybridized carbons (Fsp3) is 0.533. The number of nitrogens with one attached hydrogen (secondary N) is 1. The van der Waals surface area contributed by atoms with E-state index in [2.05, 4.69) is 10.2 Å². The molecule has 0 aliphatic heterocycles. The summed E-state index contributed by atoms with van der Waals surface area (Å²) in [4.78, 5) is 13.9. The van der Waals surface area contributed by atoms with E-state index in [1.165, 1.54) is 12.1 Å². The molecule has 1 rings (SSSR count). The first-order chi connectivity index (χ1) is 9.90. The van der Waals surface area contributed by atoms with E-state index in [1.807, 2.05) is 14.1 Å². The zero-order valence-electron chi connectivity index (χ0n) is 12.7. The molecule has 0 fully saturated rings. The van der Waals surface area contributed by atoms with Crippen molar-refractivity contribution >= 4 is 5.91 Å². The van der Waals surface area contributed by atoms with Gasteiger partial charge in [0.2, 0.25) is 5.91 Å². The highest BCUT2D eigenvalue weighted by Crippen LogP contribution is 2.25. The van der Waals surface area contributed by atoms with Gasteiger partial charge in [0.05, 0.1) is 6.04 Å². The smallest absolute Gasteiger partial charge is 0.237 e. The van der Waals surface area contributed by atoms with Crippen molar-refractivity contribution in [1.82, 2.24) is 10.2 Å². The topological polar surface area (TPSA) is 98.8 Å². The SMILES string of the molecule is CN(C)CCCCNC(=O)[C@@H](N)Cc1ccc(O)c(O)c1. The number of carbonyl (C=O) groups excluding carboxylic acids is 1. The Morgan fingerprint density at radius 3 is 2.62 bits per heavy atom. The fourth-order valence-electron chi connectivity index (χ4n) is 1.94. The predicted octanol–water partition coefficient (Wildman–Crippen LogP) is 0.426. The lowest BCUT2D eigenvalue weighted by Crippen LogP contribution is -2.42. The highest BCUT2D eigenvalue weighted by Gasteiger charge is 2.14. The molecule has 6 heteroatoms. The van der Waals surface area contributed by atoms with Crippen LogP contribution < -0.4 is 11.1 Å². The Balaban J connectivity index is 2.32. The second-order valence-electron chi connectivity index (χ2n) is 5.44. The molecule has 0 spiro atoms. The number of aromatic hydroxyl groups is 2. The monoisotopic (exact) mass is 295 g/mol. The van der Waals surface area contributed by atoms with Gasteiger partial charge in [0, 0.05) is 6.54 Å². The Kier molecular flexibility index (Phi) is 6.98. The lowest BCUT2D eigenvalue weighted by atomic mass is 10.1. The normalized spacial score (nSPS) is 12.4. The summed E-state index contributed by atoms with van der Waals surface area (Å²) in [5.41, 5.74) is 6.54. The quantitative estimate of drug-likeness (QED) is 0.412. The van der Waals surface area contributed by atoms with Crippen LogP contribution >= 0.6 is 0 Å². The van der Waals surface area contributed by atoms with E-state index in [0.29, 0.717) is 18.5 Å². The average molecular weight is 295 g/mol. The van der Waals surface area contributed by atoms with Crippen molar-refractivity contribution < 1.29 is 15.0 Å². The minimum absolute atomic E-state index is 0.183. The van der Waals surface area contributed by atoms with Crippen molar-refractivity contribution in [1.29, 1.82) is 0 Å². The van der Waals surface area contributed by atoms with E-state index in [-0.39, 0.29) is 17.4 Å². The average Bonchev–Trinajstić information content (AvgIpc) is 2.42. The van der Waals surface area contributed by atoms with E-state index < -0.39 is 6.04 Å². The van der Waals surface area contributed by atoms with E-state index in [4.69, 9.17) is 5.73 Å². The molecular formula is C15H25N3O3. The number of phenolic OH excluding ortho intramolecular Hbond substituents is 2. The summed E-state index contributed by atoms with van der Waals surface area (Å²) in [6, 6.07) is 3.78. The summed E-state index contributed by atoms with van der Waals surface area (Å²) in [6.07, 6.45) is 2.25. The first kappa shape index (κ1) is 17.3. The van der Waals surface area contributed by atoms with Crippen molar-refractivity contribution in [2.75, 3.05) is 27.2 Å². The van der Waals surface area contributed by atoms with Crippen molar-refractivity contribution in [3.8, 4) is 11.5 Å². The fourth-order valence-corrected chi connectivity index (χ4v) is 1.94. The summed E-state index contributed by atoms with van der Waals surface area (Å²) in [5.74, 6) is -0.589. The molecular weight excluding hydrogens is 270 g/mol. The number of rotatable bonds is 8. The number of unbranched alkanes of at least 4 members (excludes halogenated alkanes) is 1. The third kappa shape index (κ3) is 6.46. The van der Waals surface area contributed by atoms with Gasteiger partial charge in [-0.15, -0.1) is 0 Å². The molecule has 0 heterocycles. The van der Waals surface area contributed by atoms with Crippen LogP contribution in [-0.4, -0.2) is 54.2 Å². The molecule has 1 aromatic rings. The van der Waals surface area contributed by atoms with Gasteiger partial charge in [0.15, 0.2) is 11.5 Å². The number of hydrogen-bond donors (Lipinski definition) is 4. The van der Waals surface area contributed by atoms with Crippen molar-refractivity contribution in [2.24, 2.45) is 5.73 Å². The molecule has 0 bridgehead atoms. The van der Waals surface area contributed by atoms with Crippen LogP contribution in [0.15, 0.2) is 18.2 Å². The van der Waals surface area contributed by atoms with Crippen LogP contribution in [0.4, 0.5) is 0 Å². The van der Waals surface area contributed by atoms with Crippen LogP contribution in [0, 0.1) is 0 Å². The van der Waals surface area contributed by atoms with Gasteiger partial charge in [0.1, 0.15) is 0 Å². The number of amides is 1. The van der Waals surface area contributed by atoms with E-state index >= 15 is 0 Å². The molecule has 0 aliphatic carbocycles. The second kappa shape index (κ2) is 8.49. The number of hydrogen-bond acceptors (Lipinski definition) is 5. The molecule has 6 nitrogen and oxygen atoms in total. The van der Waals surface area contributed by atoms with Gasteiger partial charge in [0.25, 0.3) is 0 Å². The standard InChI is InChI=1S/C15H25N3O3/c1-18(2)8-4-3-7-17-15(21)12(16)9-11-5-6-13(19)14(20)10-11/h5-6,10,12,19-20H,3-4,7-9,16H2,1-2H3,(H,17,21)/t12-/m0/s1. The van der Waals surface area contributed by atoms with Gasteiger partial charge < -0.3 is 26.2 Å². The van der Waals surface area contributed by atoms with Gasteiger partial charge in [-0.25, -0.2) is 0 Å². The molecule has 0 unspecified atom stereocenters. The summed E-state index contributed by atoms with van der Waals surface area (Å²) < 4.78 is 0. The summed E-state index contributed by atoms with van der Waals surface area (Å²) in [6.45, 7) is 1.61. The number of nitrogens with zero attached hydrogens (tertiary/aromatic N) is 1. The molecule has 0 saturated heterocycles. The number of carbonyl (C=O) groups is 1. The van der Waals surface area contributed by atoms with E-state index in [0.717, 1.165) is 19.4 Å². The maximum Gasteiger partial charge on any atom is 0.237 e. The maximum atomic E-state index is 11.8. The minimum atomic E-state index is -0.664. The van der Waals surface area contributed by atoms with Crippen molar-refractivity contribution in [3.05, 3.63) is 23.8 Å². The van der Waals surface area contributed by atoms with Crippen LogP contribution in [0.2, 0.25) is 0 Å². The Morgan fingerprint density at radius 1 is 1.29 bits per heavy atom. The Bertz CT molecular complexity index is 463. The van der Waals surface area contributed by atoms with Crippen LogP contribution in [0.5, 0.6) is 11.5 Å². The van der Waals surface area contributed by atoms with Crippen LogP contribution in [0.25, 0.3) is 0 Å². The molecule has 21 heavy (non-hydrogen) atoms. The first-order valence-corrected chi connectivity index (χ1v) is 7.09. The van der Waals surface area contributed by atoms with Crippen LogP contribution in [0.1, 0.15) is 18.4 Å². The summed E-state index contributed by atoms with van der Waals surface area (Å²) in [7, 11) is 4.03. The first-order valence-electron chi connectivity index (χ1n) is 7.09. The third-order valence-corrected chi connectivity index (χ3v) is 3.16. The van der Waals surface area contributed by atoms with E-state index in [9.17, 15) is 15.0 Å². The van der Waals surface area contributed by atoms with Gasteiger partial charge in [-0.2, -0.15) is 0 Å². The molecule has 5 N–H and O–H groups in total. The number of nitrogens with two attached hydrogens (primary N) is 1. The Morgan fingerprint density at radius 2 is 2.00 bits per heavy atom. The van der Waals surface area contributed by atoms with Crippen molar-refractivity contribution in [3.63, 3.8) is 0 Å². The highest BCUT2D eigenvalue weighted by atomic mass is 16.3. The molecule has 0 aromatic heterocycles. The Labute approximate surface area is 125 Å². The molecule has 0 radical (unpaired) electrons. The predicted molar refractivity (Wildman–Crippen MR) is 82.2 cm³/mol. The summed E-state index contributed by atoms with van der Waals surface area (Å²) >= 11 is 0.